The van der Waals surface area contributed by atoms with Crippen molar-refractivity contribution in [1.82, 2.24) is 15.2 Å². The molecule has 26 heavy (non-hydrogen) atoms. The van der Waals surface area contributed by atoms with Crippen LogP contribution in [0.15, 0.2) is 42.5 Å². The number of nitrogens with one attached hydrogen (secondary N) is 1. The van der Waals surface area contributed by atoms with Crippen LogP contribution in [0.4, 0.5) is 13.2 Å². The Kier molecular flexibility index (Phi) is 6.37. The van der Waals surface area contributed by atoms with Gasteiger partial charge in [0, 0.05) is 12.6 Å². The van der Waals surface area contributed by atoms with Crippen molar-refractivity contribution < 1.29 is 18.0 Å². The molecule has 0 bridgehead atoms. The maximum absolute atomic E-state index is 12.7. The number of benzene rings is 1. The highest BCUT2D eigenvalue weighted by molar-refractivity contribution is 5.95. The van der Waals surface area contributed by atoms with Crippen LogP contribution in [-0.2, 0) is 12.6 Å². The molecule has 2 rings (SSSR count). The predicted molar refractivity (Wildman–Crippen MR) is 93.9 cm³/mol. The van der Waals surface area contributed by atoms with Gasteiger partial charge in [0.15, 0.2) is 0 Å². The van der Waals surface area contributed by atoms with Gasteiger partial charge in [-0.25, -0.2) is 4.98 Å². The third kappa shape index (κ3) is 5.29. The number of nitrogens with zero attached hydrogens (tertiary/aromatic N) is 2. The summed E-state index contributed by atoms with van der Waals surface area (Å²) < 4.78 is 38.0. The number of amides is 1. The molecule has 0 aliphatic carbocycles. The fourth-order valence-corrected chi connectivity index (χ4v) is 2.59. The maximum atomic E-state index is 12.7. The molecule has 1 N–H and O–H groups in total. The van der Waals surface area contributed by atoms with Gasteiger partial charge in [-0.3, -0.25) is 4.79 Å². The molecule has 1 aromatic heterocycles. The fraction of sp³-hybridized carbons (Fsp3) is 0.368. The Morgan fingerprint density at radius 3 is 2.35 bits per heavy atom. The van der Waals surface area contributed by atoms with Gasteiger partial charge in [0.2, 0.25) is 0 Å². The van der Waals surface area contributed by atoms with E-state index in [9.17, 15) is 18.0 Å². The van der Waals surface area contributed by atoms with E-state index in [1.165, 1.54) is 13.0 Å². The van der Waals surface area contributed by atoms with E-state index < -0.39 is 17.8 Å². The first-order chi connectivity index (χ1) is 12.2. The van der Waals surface area contributed by atoms with Crippen molar-refractivity contribution in [3.05, 3.63) is 65.0 Å². The van der Waals surface area contributed by atoms with Crippen LogP contribution in [0.25, 0.3) is 0 Å². The van der Waals surface area contributed by atoms with Crippen LogP contribution in [0, 0.1) is 6.92 Å². The van der Waals surface area contributed by atoms with Crippen molar-refractivity contribution in [2.75, 3.05) is 20.6 Å². The molecule has 7 heteroatoms. The Hall–Kier alpha value is -2.41. The molecule has 1 unspecified atom stereocenters. The molecule has 0 saturated heterocycles. The van der Waals surface area contributed by atoms with E-state index in [2.05, 4.69) is 10.3 Å². The SMILES string of the molecule is Cc1nc(C(F)(F)F)ccc1C(=O)NCC(Cc1ccccc1)N(C)C. The molecule has 0 radical (unpaired) electrons. The molecular weight excluding hydrogens is 343 g/mol. The predicted octanol–water partition coefficient (Wildman–Crippen LogP) is 3.31. The summed E-state index contributed by atoms with van der Waals surface area (Å²) in [7, 11) is 3.84. The van der Waals surface area contributed by atoms with E-state index in [0.717, 1.165) is 18.1 Å². The summed E-state index contributed by atoms with van der Waals surface area (Å²) in [4.78, 5) is 17.9. The topological polar surface area (TPSA) is 45.2 Å². The summed E-state index contributed by atoms with van der Waals surface area (Å²) in [5.41, 5.74) is 0.353. The molecule has 0 aliphatic rings. The molecule has 0 aliphatic heterocycles. The molecule has 0 spiro atoms. The molecule has 140 valence electrons. The van der Waals surface area contributed by atoms with E-state index in [-0.39, 0.29) is 17.3 Å². The van der Waals surface area contributed by atoms with Gasteiger partial charge < -0.3 is 10.2 Å². The zero-order chi connectivity index (χ0) is 19.3. The summed E-state index contributed by atoms with van der Waals surface area (Å²) in [5.74, 6) is -0.427. The van der Waals surface area contributed by atoms with Gasteiger partial charge in [-0.15, -0.1) is 0 Å². The van der Waals surface area contributed by atoms with Crippen molar-refractivity contribution in [3.8, 4) is 0 Å². The van der Waals surface area contributed by atoms with Gasteiger partial charge in [0.25, 0.3) is 5.91 Å². The number of hydrogen-bond donors (Lipinski definition) is 1. The fourth-order valence-electron chi connectivity index (χ4n) is 2.59. The lowest BCUT2D eigenvalue weighted by Crippen LogP contribution is -2.41. The van der Waals surface area contributed by atoms with Crippen molar-refractivity contribution in [3.63, 3.8) is 0 Å². The number of rotatable bonds is 6. The molecule has 1 atom stereocenters. The summed E-state index contributed by atoms with van der Waals surface area (Å²) in [6.45, 7) is 1.78. The van der Waals surface area contributed by atoms with Crippen LogP contribution < -0.4 is 5.32 Å². The molecule has 2 aromatic rings. The highest BCUT2D eigenvalue weighted by Crippen LogP contribution is 2.28. The van der Waals surface area contributed by atoms with E-state index >= 15 is 0 Å². The van der Waals surface area contributed by atoms with Gasteiger partial charge in [0.1, 0.15) is 5.69 Å². The standard InChI is InChI=1S/C19H22F3N3O/c1-13-16(9-10-17(24-13)19(20,21)22)18(26)23-12-15(25(2)3)11-14-7-5-4-6-8-14/h4-10,15H,11-12H2,1-3H3,(H,23,26). The molecule has 1 aromatic carbocycles. The van der Waals surface area contributed by atoms with Crippen LogP contribution in [0.1, 0.15) is 27.3 Å². The minimum Gasteiger partial charge on any atom is -0.350 e. The monoisotopic (exact) mass is 365 g/mol. The van der Waals surface area contributed by atoms with Crippen LogP contribution in [0.5, 0.6) is 0 Å². The van der Waals surface area contributed by atoms with Crippen molar-refractivity contribution in [2.45, 2.75) is 25.6 Å². The molecule has 1 heterocycles. The van der Waals surface area contributed by atoms with E-state index in [1.807, 2.05) is 49.3 Å². The molecular formula is C19H22F3N3O. The summed E-state index contributed by atoms with van der Waals surface area (Å²) in [6.07, 6.45) is -3.77. The lowest BCUT2D eigenvalue weighted by molar-refractivity contribution is -0.141. The smallest absolute Gasteiger partial charge is 0.350 e. The molecule has 1 amide bonds. The van der Waals surface area contributed by atoms with E-state index in [1.54, 1.807) is 0 Å². The number of halogens is 3. The first-order valence-electron chi connectivity index (χ1n) is 8.22. The normalized spacial score (nSPS) is 12.9. The largest absolute Gasteiger partial charge is 0.433 e. The number of aryl methyl sites for hydroxylation is 1. The van der Waals surface area contributed by atoms with Crippen LogP contribution in [0.3, 0.4) is 0 Å². The molecule has 4 nitrogen and oxygen atoms in total. The van der Waals surface area contributed by atoms with Crippen LogP contribution in [0.2, 0.25) is 0 Å². The number of carbonyl (C=O) groups is 1. The Balaban J connectivity index is 2.04. The summed E-state index contributed by atoms with van der Waals surface area (Å²) in [5, 5.41) is 2.80. The second kappa shape index (κ2) is 8.31. The minimum absolute atomic E-state index is 0.0572. The van der Waals surface area contributed by atoms with Crippen molar-refractivity contribution in [2.24, 2.45) is 0 Å². The minimum atomic E-state index is -4.52. The quantitative estimate of drug-likeness (QED) is 0.854. The zero-order valence-electron chi connectivity index (χ0n) is 15.0. The van der Waals surface area contributed by atoms with Gasteiger partial charge in [-0.1, -0.05) is 30.3 Å². The van der Waals surface area contributed by atoms with Crippen molar-refractivity contribution >= 4 is 5.91 Å². The van der Waals surface area contributed by atoms with Crippen LogP contribution >= 0.6 is 0 Å². The number of aromatic nitrogens is 1. The van der Waals surface area contributed by atoms with Gasteiger partial charge in [-0.05, 0) is 45.1 Å². The number of hydrogen-bond acceptors (Lipinski definition) is 3. The Morgan fingerprint density at radius 2 is 1.81 bits per heavy atom. The second-order valence-corrected chi connectivity index (χ2v) is 6.34. The number of alkyl halides is 3. The molecule has 0 saturated carbocycles. The lowest BCUT2D eigenvalue weighted by Gasteiger charge is -2.25. The van der Waals surface area contributed by atoms with Gasteiger partial charge in [0.05, 0.1) is 11.3 Å². The first kappa shape index (κ1) is 19.9. The summed E-state index contributed by atoms with van der Waals surface area (Å²) in [6, 6.07) is 11.9. The third-order valence-electron chi connectivity index (χ3n) is 4.16. The van der Waals surface area contributed by atoms with E-state index in [4.69, 9.17) is 0 Å². The maximum Gasteiger partial charge on any atom is 0.433 e. The second-order valence-electron chi connectivity index (χ2n) is 6.34. The van der Waals surface area contributed by atoms with E-state index in [0.29, 0.717) is 6.54 Å². The number of pyridine rings is 1. The Labute approximate surface area is 151 Å². The van der Waals surface area contributed by atoms with Gasteiger partial charge in [-0.2, -0.15) is 13.2 Å². The summed E-state index contributed by atoms with van der Waals surface area (Å²) >= 11 is 0. The molecule has 0 fully saturated rings. The highest BCUT2D eigenvalue weighted by Gasteiger charge is 2.33. The third-order valence-corrected chi connectivity index (χ3v) is 4.16. The Bertz CT molecular complexity index is 745. The average molecular weight is 365 g/mol. The number of carbonyl (C=O) groups excluding carboxylic acids is 1. The van der Waals surface area contributed by atoms with Gasteiger partial charge >= 0.3 is 6.18 Å². The first-order valence-corrected chi connectivity index (χ1v) is 8.22. The lowest BCUT2D eigenvalue weighted by atomic mass is 10.0. The zero-order valence-corrected chi connectivity index (χ0v) is 15.0. The van der Waals surface area contributed by atoms with Crippen LogP contribution in [-0.4, -0.2) is 42.5 Å². The number of likely N-dealkylation sites (N-methyl/N-ethyl adjacent to an activating group) is 1. The average Bonchev–Trinajstić information content (AvgIpc) is 2.58. The highest BCUT2D eigenvalue weighted by atomic mass is 19.4. The van der Waals surface area contributed by atoms with Crippen molar-refractivity contribution in [1.29, 1.82) is 0 Å². The Morgan fingerprint density at radius 1 is 1.15 bits per heavy atom.